The van der Waals surface area contributed by atoms with Crippen LogP contribution in [0.3, 0.4) is 0 Å². The summed E-state index contributed by atoms with van der Waals surface area (Å²) < 4.78 is 0. The van der Waals surface area contributed by atoms with Crippen LogP contribution in [0.1, 0.15) is 6.42 Å². The molecule has 14 heavy (non-hydrogen) atoms. The molecular formula is C8H13N5S. The Morgan fingerprint density at radius 1 is 1.36 bits per heavy atom. The lowest BCUT2D eigenvalue weighted by Crippen LogP contribution is -2.11. The van der Waals surface area contributed by atoms with Crippen molar-refractivity contribution in [3.8, 4) is 0 Å². The summed E-state index contributed by atoms with van der Waals surface area (Å²) in [5.74, 6) is 0.872. The maximum Gasteiger partial charge on any atom is 0.191 e. The molecule has 0 amide bonds. The second kappa shape index (κ2) is 4.02. The Balaban J connectivity index is 2.07. The maximum absolute atomic E-state index is 5.57. The lowest BCUT2D eigenvalue weighted by Gasteiger charge is -2.06. The fraction of sp³-hybridized carbons (Fsp3) is 0.500. The van der Waals surface area contributed by atoms with Crippen molar-refractivity contribution in [2.24, 2.45) is 0 Å². The number of rotatable bonds is 2. The van der Waals surface area contributed by atoms with Crippen LogP contribution in [-0.4, -0.2) is 28.3 Å². The van der Waals surface area contributed by atoms with E-state index in [1.54, 1.807) is 17.8 Å². The number of nitrogens with zero attached hydrogens (tertiary/aromatic N) is 2. The molecular weight excluding hydrogens is 198 g/mol. The standard InChI is InChI=1S/C8H13N5S/c9-6-3-7(10)13-8(12-6)14-5-1-2-11-4-5/h3,5,11H,1-2,4H2,(H4,9,10,12,13). The minimum Gasteiger partial charge on any atom is -0.383 e. The number of nitrogen functional groups attached to an aromatic ring is 2. The van der Waals surface area contributed by atoms with E-state index in [4.69, 9.17) is 11.5 Å². The van der Waals surface area contributed by atoms with Crippen LogP contribution >= 0.6 is 11.8 Å². The van der Waals surface area contributed by atoms with Crippen LogP contribution < -0.4 is 16.8 Å². The molecule has 1 aromatic heterocycles. The Morgan fingerprint density at radius 3 is 2.64 bits per heavy atom. The van der Waals surface area contributed by atoms with Crippen molar-refractivity contribution in [3.63, 3.8) is 0 Å². The van der Waals surface area contributed by atoms with Gasteiger partial charge in [-0.15, -0.1) is 0 Å². The van der Waals surface area contributed by atoms with Gasteiger partial charge in [-0.2, -0.15) is 0 Å². The predicted octanol–water partition coefficient (Wildman–Crippen LogP) is 0.0950. The Hall–Kier alpha value is -1.01. The van der Waals surface area contributed by atoms with E-state index in [9.17, 15) is 0 Å². The number of thioether (sulfide) groups is 1. The van der Waals surface area contributed by atoms with E-state index >= 15 is 0 Å². The molecule has 76 valence electrons. The first-order chi connectivity index (χ1) is 6.74. The quantitative estimate of drug-likeness (QED) is 0.601. The van der Waals surface area contributed by atoms with E-state index in [1.165, 1.54) is 0 Å². The summed E-state index contributed by atoms with van der Waals surface area (Å²) in [6, 6.07) is 1.57. The van der Waals surface area contributed by atoms with Gasteiger partial charge in [-0.05, 0) is 13.0 Å². The molecule has 6 heteroatoms. The lowest BCUT2D eigenvalue weighted by atomic mass is 10.4. The number of nitrogens with one attached hydrogen (secondary N) is 1. The molecule has 5 N–H and O–H groups in total. The second-order valence-corrected chi connectivity index (χ2v) is 4.50. The molecule has 1 saturated heterocycles. The zero-order valence-electron chi connectivity index (χ0n) is 7.73. The number of hydrogen-bond donors (Lipinski definition) is 3. The molecule has 1 fully saturated rings. The van der Waals surface area contributed by atoms with E-state index in [0.29, 0.717) is 22.0 Å². The smallest absolute Gasteiger partial charge is 0.191 e. The number of aromatic nitrogens is 2. The van der Waals surface area contributed by atoms with Crippen LogP contribution in [-0.2, 0) is 0 Å². The van der Waals surface area contributed by atoms with Gasteiger partial charge < -0.3 is 16.8 Å². The van der Waals surface area contributed by atoms with Gasteiger partial charge in [0.2, 0.25) is 0 Å². The second-order valence-electron chi connectivity index (χ2n) is 3.23. The van der Waals surface area contributed by atoms with Gasteiger partial charge in [0.05, 0.1) is 0 Å². The first-order valence-electron chi connectivity index (χ1n) is 4.51. The minimum atomic E-state index is 0.436. The van der Waals surface area contributed by atoms with Crippen molar-refractivity contribution < 1.29 is 0 Å². The molecule has 1 atom stereocenters. The highest BCUT2D eigenvalue weighted by molar-refractivity contribution is 7.99. The first kappa shape index (κ1) is 9.54. The summed E-state index contributed by atoms with van der Waals surface area (Å²) >= 11 is 1.63. The van der Waals surface area contributed by atoms with Crippen LogP contribution in [0.2, 0.25) is 0 Å². The molecule has 1 unspecified atom stereocenters. The largest absolute Gasteiger partial charge is 0.383 e. The molecule has 0 aliphatic carbocycles. The van der Waals surface area contributed by atoms with E-state index in [0.717, 1.165) is 19.5 Å². The number of anilines is 2. The first-order valence-corrected chi connectivity index (χ1v) is 5.39. The number of hydrogen-bond acceptors (Lipinski definition) is 6. The van der Waals surface area contributed by atoms with Gasteiger partial charge in [0, 0.05) is 17.9 Å². The molecule has 1 aliphatic heterocycles. The molecule has 0 saturated carbocycles. The fourth-order valence-corrected chi connectivity index (χ4v) is 2.44. The molecule has 5 nitrogen and oxygen atoms in total. The van der Waals surface area contributed by atoms with Gasteiger partial charge in [0.25, 0.3) is 0 Å². The molecule has 0 spiro atoms. The molecule has 0 radical (unpaired) electrons. The van der Waals surface area contributed by atoms with Crippen molar-refractivity contribution in [3.05, 3.63) is 6.07 Å². The highest BCUT2D eigenvalue weighted by Gasteiger charge is 2.17. The SMILES string of the molecule is Nc1cc(N)nc(SC2CCNC2)n1. The summed E-state index contributed by atoms with van der Waals surface area (Å²) in [7, 11) is 0. The zero-order chi connectivity index (χ0) is 9.97. The highest BCUT2D eigenvalue weighted by atomic mass is 32.2. The zero-order valence-corrected chi connectivity index (χ0v) is 8.55. The molecule has 0 aromatic carbocycles. The van der Waals surface area contributed by atoms with Crippen molar-refractivity contribution in [1.29, 1.82) is 0 Å². The average Bonchev–Trinajstić information content (AvgIpc) is 2.54. The Labute approximate surface area is 86.7 Å². The lowest BCUT2D eigenvalue weighted by molar-refractivity contribution is 0.857. The molecule has 1 aromatic rings. The third kappa shape index (κ3) is 2.27. The van der Waals surface area contributed by atoms with Crippen LogP contribution in [0.4, 0.5) is 11.6 Å². The molecule has 1 aliphatic rings. The Bertz CT molecular complexity index is 303. The Kier molecular flexibility index (Phi) is 2.74. The average molecular weight is 211 g/mol. The summed E-state index contributed by atoms with van der Waals surface area (Å²) in [5.41, 5.74) is 11.1. The minimum absolute atomic E-state index is 0.436. The molecule has 2 heterocycles. The van der Waals surface area contributed by atoms with Gasteiger partial charge in [-0.1, -0.05) is 11.8 Å². The van der Waals surface area contributed by atoms with Gasteiger partial charge in [0.15, 0.2) is 5.16 Å². The monoisotopic (exact) mass is 211 g/mol. The van der Waals surface area contributed by atoms with Crippen molar-refractivity contribution >= 4 is 23.4 Å². The summed E-state index contributed by atoms with van der Waals surface area (Å²) in [5, 5.41) is 4.50. The van der Waals surface area contributed by atoms with Gasteiger partial charge in [0.1, 0.15) is 11.6 Å². The third-order valence-corrected chi connectivity index (χ3v) is 3.16. The maximum atomic E-state index is 5.57. The van der Waals surface area contributed by atoms with Crippen molar-refractivity contribution in [2.75, 3.05) is 24.6 Å². The summed E-state index contributed by atoms with van der Waals surface area (Å²) in [4.78, 5) is 8.24. The summed E-state index contributed by atoms with van der Waals surface area (Å²) in [6.45, 7) is 2.07. The van der Waals surface area contributed by atoms with Gasteiger partial charge in [-0.25, -0.2) is 9.97 Å². The molecule has 0 bridgehead atoms. The van der Waals surface area contributed by atoms with Gasteiger partial charge >= 0.3 is 0 Å². The van der Waals surface area contributed by atoms with Crippen LogP contribution in [0.5, 0.6) is 0 Å². The van der Waals surface area contributed by atoms with Crippen LogP contribution in [0.15, 0.2) is 11.2 Å². The van der Waals surface area contributed by atoms with E-state index in [-0.39, 0.29) is 0 Å². The normalized spacial score (nSPS) is 21.3. The van der Waals surface area contributed by atoms with E-state index in [1.807, 2.05) is 0 Å². The van der Waals surface area contributed by atoms with Crippen LogP contribution in [0.25, 0.3) is 0 Å². The third-order valence-electron chi connectivity index (χ3n) is 2.03. The highest BCUT2D eigenvalue weighted by Crippen LogP contribution is 2.24. The van der Waals surface area contributed by atoms with E-state index < -0.39 is 0 Å². The Morgan fingerprint density at radius 2 is 2.07 bits per heavy atom. The summed E-state index contributed by atoms with van der Waals surface area (Å²) in [6.07, 6.45) is 1.14. The van der Waals surface area contributed by atoms with Crippen molar-refractivity contribution in [1.82, 2.24) is 15.3 Å². The topological polar surface area (TPSA) is 89.9 Å². The van der Waals surface area contributed by atoms with Gasteiger partial charge in [-0.3, -0.25) is 0 Å². The van der Waals surface area contributed by atoms with E-state index in [2.05, 4.69) is 15.3 Å². The van der Waals surface area contributed by atoms with Crippen molar-refractivity contribution in [2.45, 2.75) is 16.8 Å². The fourth-order valence-electron chi connectivity index (χ4n) is 1.39. The molecule has 2 rings (SSSR count). The van der Waals surface area contributed by atoms with Crippen LogP contribution in [0, 0.1) is 0 Å². The number of nitrogens with two attached hydrogens (primary N) is 2. The predicted molar refractivity (Wildman–Crippen MR) is 58.0 cm³/mol.